The largest absolute Gasteiger partial charge is 0.348 e. The first-order valence-electron chi connectivity index (χ1n) is 11.0. The van der Waals surface area contributed by atoms with Crippen LogP contribution in [-0.4, -0.2) is 5.91 Å². The number of amides is 1. The average Bonchev–Trinajstić information content (AvgIpc) is 2.75. The lowest BCUT2D eigenvalue weighted by Crippen LogP contribution is -2.20. The summed E-state index contributed by atoms with van der Waals surface area (Å²) in [6.07, 6.45) is 30.1. The number of unbranched alkanes of at least 4 members (excludes halogenated alkanes) is 7. The van der Waals surface area contributed by atoms with Gasteiger partial charge in [0.05, 0.1) is 0 Å². The van der Waals surface area contributed by atoms with Crippen LogP contribution < -0.4 is 5.32 Å². The highest BCUT2D eigenvalue weighted by Crippen LogP contribution is 2.08. The summed E-state index contributed by atoms with van der Waals surface area (Å²) in [7, 11) is 0. The van der Waals surface area contributed by atoms with Crippen molar-refractivity contribution in [2.75, 3.05) is 0 Å². The molecule has 1 amide bonds. The zero-order valence-corrected chi connectivity index (χ0v) is 17.9. The van der Waals surface area contributed by atoms with Gasteiger partial charge in [-0.05, 0) is 18.4 Å². The van der Waals surface area contributed by atoms with Crippen molar-refractivity contribution < 1.29 is 4.79 Å². The van der Waals surface area contributed by atoms with Gasteiger partial charge >= 0.3 is 0 Å². The molecule has 0 atom stereocenters. The van der Waals surface area contributed by atoms with E-state index in [1.807, 2.05) is 60.7 Å². The number of hydrogen-bond donors (Lipinski definition) is 1. The van der Waals surface area contributed by atoms with E-state index in [9.17, 15) is 4.79 Å². The quantitative estimate of drug-likeness (QED) is 0.191. The van der Waals surface area contributed by atoms with Crippen LogP contribution in [0.1, 0.15) is 63.9 Å². The van der Waals surface area contributed by atoms with Crippen LogP contribution >= 0.6 is 0 Å². The molecule has 1 aromatic rings. The van der Waals surface area contributed by atoms with Crippen molar-refractivity contribution in [3.8, 4) is 0 Å². The lowest BCUT2D eigenvalue weighted by molar-refractivity contribution is -0.116. The van der Waals surface area contributed by atoms with Crippen LogP contribution in [0.2, 0.25) is 0 Å². The van der Waals surface area contributed by atoms with E-state index in [0.717, 1.165) is 5.56 Å². The van der Waals surface area contributed by atoms with Gasteiger partial charge in [0.1, 0.15) is 0 Å². The maximum Gasteiger partial charge on any atom is 0.244 e. The van der Waals surface area contributed by atoms with Crippen LogP contribution in [0.4, 0.5) is 0 Å². The van der Waals surface area contributed by atoms with Crippen molar-refractivity contribution in [3.63, 3.8) is 0 Å². The van der Waals surface area contributed by atoms with Crippen LogP contribution in [-0.2, 0) is 11.3 Å². The summed E-state index contributed by atoms with van der Waals surface area (Å²) in [5.41, 5.74) is 1.09. The molecule has 29 heavy (non-hydrogen) atoms. The molecular weight excluding hydrogens is 354 g/mol. The molecule has 0 unspecified atom stereocenters. The molecule has 1 N–H and O–H groups in total. The summed E-state index contributed by atoms with van der Waals surface area (Å²) in [5.74, 6) is -0.0894. The Bertz CT molecular complexity index is 665. The van der Waals surface area contributed by atoms with E-state index in [1.54, 1.807) is 6.08 Å². The summed E-state index contributed by atoms with van der Waals surface area (Å²) >= 11 is 0. The first kappa shape index (κ1) is 24.4. The average molecular weight is 392 g/mol. The molecular formula is C27H37NO. The number of benzene rings is 1. The lowest BCUT2D eigenvalue weighted by atomic mass is 10.1. The molecule has 0 saturated carbocycles. The topological polar surface area (TPSA) is 29.1 Å². The van der Waals surface area contributed by atoms with E-state index >= 15 is 0 Å². The van der Waals surface area contributed by atoms with Crippen molar-refractivity contribution >= 4 is 5.91 Å². The van der Waals surface area contributed by atoms with Crippen LogP contribution in [0.25, 0.3) is 0 Å². The van der Waals surface area contributed by atoms with Crippen LogP contribution in [0, 0.1) is 0 Å². The summed E-state index contributed by atoms with van der Waals surface area (Å²) in [6, 6.07) is 9.88. The van der Waals surface area contributed by atoms with Crippen molar-refractivity contribution in [3.05, 3.63) is 96.7 Å². The number of carbonyl (C=O) groups is 1. The molecule has 0 fully saturated rings. The molecule has 0 aliphatic carbocycles. The summed E-state index contributed by atoms with van der Waals surface area (Å²) in [5, 5.41) is 2.86. The Balaban J connectivity index is 2.04. The Morgan fingerprint density at radius 2 is 1.34 bits per heavy atom. The molecule has 1 aromatic carbocycles. The van der Waals surface area contributed by atoms with Gasteiger partial charge in [0.2, 0.25) is 5.91 Å². The van der Waals surface area contributed by atoms with E-state index < -0.39 is 0 Å². The van der Waals surface area contributed by atoms with E-state index in [4.69, 9.17) is 0 Å². The molecule has 0 bridgehead atoms. The maximum absolute atomic E-state index is 11.7. The minimum Gasteiger partial charge on any atom is -0.348 e. The fourth-order valence-corrected chi connectivity index (χ4v) is 2.77. The lowest BCUT2D eigenvalue weighted by Gasteiger charge is -2.01. The van der Waals surface area contributed by atoms with Gasteiger partial charge in [-0.2, -0.15) is 0 Å². The number of allylic oxidation sites excluding steroid dienone is 9. The zero-order valence-electron chi connectivity index (χ0n) is 17.9. The SMILES string of the molecule is CCCCCCCCCC=CC=CC=CC=CC=CC(=O)NCc1ccccc1. The van der Waals surface area contributed by atoms with Crippen molar-refractivity contribution in [1.82, 2.24) is 5.32 Å². The second-order valence-corrected chi connectivity index (χ2v) is 7.06. The highest BCUT2D eigenvalue weighted by Gasteiger charge is 1.94. The molecule has 2 nitrogen and oxygen atoms in total. The third-order valence-electron chi connectivity index (χ3n) is 4.45. The van der Waals surface area contributed by atoms with Crippen molar-refractivity contribution in [2.45, 2.75) is 64.8 Å². The van der Waals surface area contributed by atoms with Crippen LogP contribution in [0.5, 0.6) is 0 Å². The molecule has 0 aliphatic rings. The number of rotatable bonds is 15. The summed E-state index contributed by atoms with van der Waals surface area (Å²) in [4.78, 5) is 11.7. The highest BCUT2D eigenvalue weighted by atomic mass is 16.1. The van der Waals surface area contributed by atoms with Gasteiger partial charge in [-0.15, -0.1) is 0 Å². The Kier molecular flexibility index (Phi) is 15.8. The number of carbonyl (C=O) groups excluding carboxylic acids is 1. The second kappa shape index (κ2) is 18.7. The molecule has 2 heteroatoms. The molecule has 1 rings (SSSR count). The second-order valence-electron chi connectivity index (χ2n) is 7.06. The van der Waals surface area contributed by atoms with Gasteiger partial charge in [0, 0.05) is 12.6 Å². The molecule has 156 valence electrons. The van der Waals surface area contributed by atoms with E-state index in [0.29, 0.717) is 6.54 Å². The standard InChI is InChI=1S/C27H37NO/c1-2-3-4-5-6-7-8-9-10-11-12-13-14-15-16-17-21-24-27(29)28-25-26-22-19-18-20-23-26/h10-24H,2-9,25H2,1H3,(H,28,29). The summed E-state index contributed by atoms with van der Waals surface area (Å²) in [6.45, 7) is 2.81. The molecule has 0 aliphatic heterocycles. The molecule has 0 heterocycles. The van der Waals surface area contributed by atoms with Crippen molar-refractivity contribution in [2.24, 2.45) is 0 Å². The fraction of sp³-hybridized carbons (Fsp3) is 0.370. The minimum absolute atomic E-state index is 0.0894. The smallest absolute Gasteiger partial charge is 0.244 e. The van der Waals surface area contributed by atoms with Gasteiger partial charge in [-0.1, -0.05) is 130 Å². The third-order valence-corrected chi connectivity index (χ3v) is 4.45. The van der Waals surface area contributed by atoms with E-state index in [1.165, 1.54) is 57.4 Å². The predicted octanol–water partition coefficient (Wildman–Crippen LogP) is 7.22. The Morgan fingerprint density at radius 3 is 2.03 bits per heavy atom. The Labute approximate surface area is 177 Å². The zero-order chi connectivity index (χ0) is 20.8. The Morgan fingerprint density at radius 1 is 0.759 bits per heavy atom. The monoisotopic (exact) mass is 391 g/mol. The van der Waals surface area contributed by atoms with Gasteiger partial charge in [-0.25, -0.2) is 0 Å². The fourth-order valence-electron chi connectivity index (χ4n) is 2.77. The van der Waals surface area contributed by atoms with Crippen LogP contribution in [0.3, 0.4) is 0 Å². The normalized spacial score (nSPS) is 12.3. The first-order chi connectivity index (χ1) is 14.3. The Hall–Kier alpha value is -2.61. The van der Waals surface area contributed by atoms with Gasteiger partial charge in [0.25, 0.3) is 0 Å². The minimum atomic E-state index is -0.0894. The van der Waals surface area contributed by atoms with Crippen molar-refractivity contribution in [1.29, 1.82) is 0 Å². The molecule has 0 radical (unpaired) electrons. The number of hydrogen-bond acceptors (Lipinski definition) is 1. The first-order valence-corrected chi connectivity index (χ1v) is 11.0. The summed E-state index contributed by atoms with van der Waals surface area (Å²) < 4.78 is 0. The highest BCUT2D eigenvalue weighted by molar-refractivity contribution is 5.87. The molecule has 0 saturated heterocycles. The van der Waals surface area contributed by atoms with Crippen LogP contribution in [0.15, 0.2) is 91.1 Å². The van der Waals surface area contributed by atoms with Gasteiger partial charge < -0.3 is 5.32 Å². The van der Waals surface area contributed by atoms with Gasteiger partial charge in [-0.3, -0.25) is 4.79 Å². The maximum atomic E-state index is 11.7. The molecule has 0 spiro atoms. The third kappa shape index (κ3) is 16.1. The van der Waals surface area contributed by atoms with Gasteiger partial charge in [0.15, 0.2) is 0 Å². The van der Waals surface area contributed by atoms with E-state index in [2.05, 4.69) is 30.5 Å². The van der Waals surface area contributed by atoms with E-state index in [-0.39, 0.29) is 5.91 Å². The number of nitrogens with one attached hydrogen (secondary N) is 1. The predicted molar refractivity (Wildman–Crippen MR) is 127 cm³/mol. The molecule has 0 aromatic heterocycles.